The van der Waals surface area contributed by atoms with E-state index < -0.39 is 0 Å². The van der Waals surface area contributed by atoms with Crippen LogP contribution in [0.3, 0.4) is 0 Å². The third kappa shape index (κ3) is 1.59. The lowest BCUT2D eigenvalue weighted by atomic mass is 10.1. The van der Waals surface area contributed by atoms with Crippen LogP contribution in [0.15, 0.2) is 33.2 Å². The Morgan fingerprint density at radius 2 is 1.65 bits per heavy atom. The summed E-state index contributed by atoms with van der Waals surface area (Å²) < 4.78 is 6.40. The Bertz CT molecular complexity index is 748. The Balaban J connectivity index is 2.67. The molecule has 1 heterocycles. The van der Waals surface area contributed by atoms with Crippen LogP contribution in [0.5, 0.6) is 0 Å². The molecule has 3 aromatic rings. The number of hydrogen-bond acceptors (Lipinski definition) is 1. The highest BCUT2D eigenvalue weighted by atomic mass is 79.9. The molecule has 3 rings (SSSR count). The average Bonchev–Trinajstić information content (AvgIpc) is 2.73. The number of halogens is 4. The average molecular weight is 350 g/mol. The fraction of sp³-hybridized carbons (Fsp3) is 0. The van der Waals surface area contributed by atoms with Gasteiger partial charge in [-0.15, -0.1) is 0 Å². The van der Waals surface area contributed by atoms with Crippen molar-refractivity contribution in [3.05, 3.63) is 43.8 Å². The third-order valence-electron chi connectivity index (χ3n) is 2.59. The van der Waals surface area contributed by atoms with Crippen molar-refractivity contribution in [1.82, 2.24) is 0 Å². The summed E-state index contributed by atoms with van der Waals surface area (Å²) >= 11 is 21.7. The number of furan rings is 1. The normalized spacial score (nSPS) is 11.5. The van der Waals surface area contributed by atoms with Crippen molar-refractivity contribution in [3.8, 4) is 0 Å². The summed E-state index contributed by atoms with van der Waals surface area (Å²) in [7, 11) is 0. The van der Waals surface area contributed by atoms with Crippen LogP contribution in [-0.2, 0) is 0 Å². The van der Waals surface area contributed by atoms with Gasteiger partial charge in [0.15, 0.2) is 5.58 Å². The molecule has 0 aliphatic heterocycles. The minimum atomic E-state index is 0.298. The van der Waals surface area contributed by atoms with Crippen LogP contribution in [0, 0.1) is 0 Å². The van der Waals surface area contributed by atoms with E-state index in [1.165, 1.54) is 0 Å². The third-order valence-corrected chi connectivity index (χ3v) is 4.92. The van der Waals surface area contributed by atoms with E-state index >= 15 is 0 Å². The van der Waals surface area contributed by atoms with Crippen molar-refractivity contribution in [3.63, 3.8) is 0 Å². The van der Waals surface area contributed by atoms with Crippen molar-refractivity contribution in [2.45, 2.75) is 0 Å². The van der Waals surface area contributed by atoms with Gasteiger partial charge in [-0.05, 0) is 22.0 Å². The molecular formula is C12H4BrCl3O. The molecule has 0 atom stereocenters. The first-order chi connectivity index (χ1) is 8.11. The van der Waals surface area contributed by atoms with Crippen LogP contribution in [0.1, 0.15) is 0 Å². The highest BCUT2D eigenvalue weighted by Crippen LogP contribution is 2.46. The molecule has 0 saturated heterocycles. The van der Waals surface area contributed by atoms with Gasteiger partial charge in [0.05, 0.1) is 10.0 Å². The summed E-state index contributed by atoms with van der Waals surface area (Å²) in [5.41, 5.74) is 1.30. The van der Waals surface area contributed by atoms with Crippen LogP contribution >= 0.6 is 50.7 Å². The summed E-state index contributed by atoms with van der Waals surface area (Å²) in [6, 6.07) is 7.66. The zero-order valence-corrected chi connectivity index (χ0v) is 12.1. The number of fused-ring (bicyclic) bond motifs is 3. The van der Waals surface area contributed by atoms with E-state index in [1.54, 1.807) is 0 Å². The molecule has 2 aromatic carbocycles. The van der Waals surface area contributed by atoms with E-state index in [2.05, 4.69) is 15.9 Å². The Kier molecular flexibility index (Phi) is 2.79. The smallest absolute Gasteiger partial charge is 0.156 e. The monoisotopic (exact) mass is 348 g/mol. The summed E-state index contributed by atoms with van der Waals surface area (Å²) in [5, 5.41) is 2.84. The fourth-order valence-electron chi connectivity index (χ4n) is 1.82. The highest BCUT2D eigenvalue weighted by Gasteiger charge is 2.19. The van der Waals surface area contributed by atoms with Gasteiger partial charge in [-0.2, -0.15) is 0 Å². The van der Waals surface area contributed by atoms with Crippen molar-refractivity contribution < 1.29 is 4.42 Å². The maximum atomic E-state index is 6.14. The molecule has 17 heavy (non-hydrogen) atoms. The van der Waals surface area contributed by atoms with Crippen LogP contribution in [0.25, 0.3) is 21.9 Å². The number of para-hydroxylation sites is 1. The molecule has 0 saturated carbocycles. The fourth-order valence-corrected chi connectivity index (χ4v) is 3.17. The second kappa shape index (κ2) is 4.06. The summed E-state index contributed by atoms with van der Waals surface area (Å²) in [5.74, 6) is 0. The van der Waals surface area contributed by atoms with Crippen molar-refractivity contribution in [2.75, 3.05) is 0 Å². The maximum absolute atomic E-state index is 6.14. The van der Waals surface area contributed by atoms with Crippen molar-refractivity contribution in [1.29, 1.82) is 0 Å². The molecule has 0 spiro atoms. The Morgan fingerprint density at radius 1 is 0.941 bits per heavy atom. The second-order valence-corrected chi connectivity index (χ2v) is 5.49. The topological polar surface area (TPSA) is 13.1 Å². The van der Waals surface area contributed by atoms with Gasteiger partial charge >= 0.3 is 0 Å². The van der Waals surface area contributed by atoms with Gasteiger partial charge in [0.25, 0.3) is 0 Å². The van der Waals surface area contributed by atoms with Crippen LogP contribution in [0.4, 0.5) is 0 Å². The lowest BCUT2D eigenvalue weighted by molar-refractivity contribution is 0.669. The quantitative estimate of drug-likeness (QED) is 0.342. The Labute approximate surface area is 120 Å². The zero-order valence-electron chi connectivity index (χ0n) is 8.23. The molecular weight excluding hydrogens is 346 g/mol. The molecule has 0 unspecified atom stereocenters. The summed E-state index contributed by atoms with van der Waals surface area (Å²) in [6.45, 7) is 0. The molecule has 0 fully saturated rings. The number of rotatable bonds is 0. The minimum absolute atomic E-state index is 0.298. The van der Waals surface area contributed by atoms with E-state index in [0.29, 0.717) is 25.1 Å². The van der Waals surface area contributed by atoms with Gasteiger partial charge in [0.1, 0.15) is 10.6 Å². The summed E-state index contributed by atoms with van der Waals surface area (Å²) in [6.07, 6.45) is 0. The molecule has 86 valence electrons. The van der Waals surface area contributed by atoms with Gasteiger partial charge in [-0.3, -0.25) is 0 Å². The van der Waals surface area contributed by atoms with Crippen LogP contribution in [0.2, 0.25) is 15.1 Å². The van der Waals surface area contributed by atoms with Crippen molar-refractivity contribution in [2.24, 2.45) is 0 Å². The molecule has 0 aliphatic rings. The Hall–Kier alpha value is -0.410. The van der Waals surface area contributed by atoms with Crippen molar-refractivity contribution >= 4 is 72.7 Å². The second-order valence-electron chi connectivity index (χ2n) is 3.56. The first kappa shape index (κ1) is 11.7. The molecule has 0 bridgehead atoms. The van der Waals surface area contributed by atoms with E-state index in [9.17, 15) is 0 Å². The standard InChI is InChI=1S/C12H4BrCl3O/c13-8-7-5-3-1-2-4-6(5)17-12(7)11(16)10(15)9(8)14/h1-4H. The van der Waals surface area contributed by atoms with Gasteiger partial charge in [0, 0.05) is 15.2 Å². The number of hydrogen-bond donors (Lipinski definition) is 0. The first-order valence-corrected chi connectivity index (χ1v) is 6.67. The Morgan fingerprint density at radius 3 is 2.41 bits per heavy atom. The molecule has 1 aromatic heterocycles. The lowest BCUT2D eigenvalue weighted by Gasteiger charge is -2.03. The number of benzene rings is 2. The maximum Gasteiger partial charge on any atom is 0.156 e. The van der Waals surface area contributed by atoms with Gasteiger partial charge in [-0.25, -0.2) is 0 Å². The van der Waals surface area contributed by atoms with E-state index in [1.807, 2.05) is 24.3 Å². The van der Waals surface area contributed by atoms with E-state index in [0.717, 1.165) is 16.4 Å². The van der Waals surface area contributed by atoms with Gasteiger partial charge in [0.2, 0.25) is 0 Å². The molecule has 5 heteroatoms. The predicted molar refractivity (Wildman–Crippen MR) is 76.5 cm³/mol. The highest BCUT2D eigenvalue weighted by molar-refractivity contribution is 9.10. The van der Waals surface area contributed by atoms with E-state index in [4.69, 9.17) is 39.2 Å². The predicted octanol–water partition coefficient (Wildman–Crippen LogP) is 6.31. The van der Waals surface area contributed by atoms with Gasteiger partial charge < -0.3 is 4.42 Å². The molecule has 0 N–H and O–H groups in total. The zero-order chi connectivity index (χ0) is 12.2. The van der Waals surface area contributed by atoms with Gasteiger partial charge in [-0.1, -0.05) is 53.0 Å². The lowest BCUT2D eigenvalue weighted by Crippen LogP contribution is -1.77. The SMILES string of the molecule is Clc1c(Cl)c(Br)c2c(oc3ccccc32)c1Cl. The molecule has 0 amide bonds. The molecule has 0 radical (unpaired) electrons. The largest absolute Gasteiger partial charge is 0.454 e. The van der Waals surface area contributed by atoms with Crippen LogP contribution < -0.4 is 0 Å². The molecule has 0 aliphatic carbocycles. The van der Waals surface area contributed by atoms with E-state index in [-0.39, 0.29) is 0 Å². The molecule has 1 nitrogen and oxygen atoms in total. The summed E-state index contributed by atoms with van der Waals surface area (Å²) in [4.78, 5) is 0. The minimum Gasteiger partial charge on any atom is -0.454 e. The van der Waals surface area contributed by atoms with Crippen LogP contribution in [-0.4, -0.2) is 0 Å². The first-order valence-electron chi connectivity index (χ1n) is 4.74.